The fourth-order valence-corrected chi connectivity index (χ4v) is 4.07. The molecule has 2 aliphatic heterocycles. The summed E-state index contributed by atoms with van der Waals surface area (Å²) in [6, 6.07) is 0.651. The van der Waals surface area contributed by atoms with Crippen LogP contribution in [0.5, 0.6) is 0 Å². The molecule has 31 heavy (non-hydrogen) atoms. The fourth-order valence-electron chi connectivity index (χ4n) is 4.07. The number of amides is 2. The predicted molar refractivity (Wildman–Crippen MR) is 104 cm³/mol. The number of nitrogens with one attached hydrogen (secondary N) is 1. The Kier molecular flexibility index (Phi) is 5.65. The van der Waals surface area contributed by atoms with Gasteiger partial charge >= 0.3 is 12.3 Å². The number of nitrogens with zero attached hydrogens (tertiary/aromatic N) is 4. The molecule has 172 valence electrons. The highest BCUT2D eigenvalue weighted by Crippen LogP contribution is 2.30. The maximum atomic E-state index is 12.8. The molecule has 3 aliphatic rings. The lowest BCUT2D eigenvalue weighted by molar-refractivity contribution is -0.200. The first-order chi connectivity index (χ1) is 14.5. The second-order valence-corrected chi connectivity index (χ2v) is 9.01. The standard InChI is InChI=1S/C20H28F3N5O3/c1-13(20(21,22)23)31-18(30)26-7-5-19(2,6-8-26)25-17(29)15-11-28-10-9-27(14-3-4-14)12-16(28)24-15/h11,13-14H,3-10,12H2,1-2H3,(H,25,29). The van der Waals surface area contributed by atoms with Gasteiger partial charge in [0.15, 0.2) is 6.10 Å². The smallest absolute Gasteiger partial charge is 0.425 e. The lowest BCUT2D eigenvalue weighted by Gasteiger charge is -2.39. The molecule has 11 heteroatoms. The van der Waals surface area contributed by atoms with Crippen LogP contribution in [0.15, 0.2) is 6.20 Å². The van der Waals surface area contributed by atoms with E-state index in [1.54, 1.807) is 6.20 Å². The first-order valence-corrected chi connectivity index (χ1v) is 10.7. The number of likely N-dealkylation sites (tertiary alicyclic amines) is 1. The molecule has 0 bridgehead atoms. The lowest BCUT2D eigenvalue weighted by atomic mass is 9.89. The number of aromatic nitrogens is 2. The van der Waals surface area contributed by atoms with E-state index in [1.165, 1.54) is 17.7 Å². The predicted octanol–water partition coefficient (Wildman–Crippen LogP) is 2.53. The lowest BCUT2D eigenvalue weighted by Crippen LogP contribution is -2.54. The molecule has 1 aliphatic carbocycles. The first-order valence-electron chi connectivity index (χ1n) is 10.7. The molecule has 0 spiro atoms. The Balaban J connectivity index is 1.30. The van der Waals surface area contributed by atoms with Crippen LogP contribution < -0.4 is 5.32 Å². The molecule has 2 amide bonds. The van der Waals surface area contributed by atoms with E-state index in [-0.39, 0.29) is 19.0 Å². The first kappa shape index (κ1) is 21.9. The third-order valence-corrected chi connectivity index (χ3v) is 6.41. The van der Waals surface area contributed by atoms with Crippen molar-refractivity contribution in [3.8, 4) is 0 Å². The average molecular weight is 443 g/mol. The highest BCUT2D eigenvalue weighted by Gasteiger charge is 2.41. The van der Waals surface area contributed by atoms with Gasteiger partial charge in [-0.25, -0.2) is 9.78 Å². The van der Waals surface area contributed by atoms with Gasteiger partial charge in [0, 0.05) is 44.0 Å². The number of fused-ring (bicyclic) bond motifs is 1. The molecule has 1 N–H and O–H groups in total. The third kappa shape index (κ3) is 4.97. The Bertz CT molecular complexity index is 844. The van der Waals surface area contributed by atoms with E-state index >= 15 is 0 Å². The molecule has 0 aromatic carbocycles. The number of halogens is 3. The van der Waals surface area contributed by atoms with Gasteiger partial charge in [-0.05, 0) is 39.5 Å². The third-order valence-electron chi connectivity index (χ3n) is 6.41. The van der Waals surface area contributed by atoms with Gasteiger partial charge in [0.2, 0.25) is 0 Å². The van der Waals surface area contributed by atoms with Crippen LogP contribution in [0, 0.1) is 0 Å². The average Bonchev–Trinajstić information content (AvgIpc) is 3.45. The van der Waals surface area contributed by atoms with Gasteiger partial charge in [-0.3, -0.25) is 9.69 Å². The van der Waals surface area contributed by atoms with E-state index in [9.17, 15) is 22.8 Å². The SMILES string of the molecule is CC(OC(=O)N1CCC(C)(NC(=O)c2cn3c(n2)CN(C2CC2)CC3)CC1)C(F)(F)F. The molecule has 4 rings (SSSR count). The van der Waals surface area contributed by atoms with Gasteiger partial charge in [0.25, 0.3) is 5.91 Å². The van der Waals surface area contributed by atoms with Gasteiger partial charge in [-0.2, -0.15) is 13.2 Å². The summed E-state index contributed by atoms with van der Waals surface area (Å²) in [6.45, 7) is 5.62. The van der Waals surface area contributed by atoms with Gasteiger partial charge in [0.1, 0.15) is 11.5 Å². The maximum Gasteiger partial charge on any atom is 0.425 e. The Hall–Kier alpha value is -2.30. The Labute approximate surface area is 178 Å². The quantitative estimate of drug-likeness (QED) is 0.774. The van der Waals surface area contributed by atoms with Crippen LogP contribution in [0.3, 0.4) is 0 Å². The molecule has 1 aromatic heterocycles. The van der Waals surface area contributed by atoms with Gasteiger partial charge in [0.05, 0.1) is 6.54 Å². The molecular weight excluding hydrogens is 415 g/mol. The number of carbonyl (C=O) groups excluding carboxylic acids is 2. The topological polar surface area (TPSA) is 79.7 Å². The highest BCUT2D eigenvalue weighted by molar-refractivity contribution is 5.92. The molecule has 1 saturated heterocycles. The monoisotopic (exact) mass is 443 g/mol. The largest absolute Gasteiger partial charge is 0.437 e. The van der Waals surface area contributed by atoms with Gasteiger partial charge in [-0.15, -0.1) is 0 Å². The number of carbonyl (C=O) groups is 2. The molecular formula is C20H28F3N5O3. The minimum absolute atomic E-state index is 0.205. The van der Waals surface area contributed by atoms with E-state index in [1.807, 2.05) is 11.5 Å². The molecule has 3 heterocycles. The summed E-state index contributed by atoms with van der Waals surface area (Å²) >= 11 is 0. The normalized spacial score (nSPS) is 22.5. The van der Waals surface area contributed by atoms with Crippen molar-refractivity contribution in [2.75, 3.05) is 19.6 Å². The second kappa shape index (κ2) is 7.99. The fraction of sp³-hybridized carbons (Fsp3) is 0.750. The number of imidazole rings is 1. The zero-order valence-corrected chi connectivity index (χ0v) is 17.7. The Morgan fingerprint density at radius 1 is 1.23 bits per heavy atom. The van der Waals surface area contributed by atoms with Gasteiger partial charge < -0.3 is 19.5 Å². The van der Waals surface area contributed by atoms with Crippen molar-refractivity contribution in [3.63, 3.8) is 0 Å². The maximum absolute atomic E-state index is 12.8. The summed E-state index contributed by atoms with van der Waals surface area (Å²) in [6.07, 6.45) is -2.67. The number of rotatable bonds is 4. The number of alkyl halides is 3. The van der Waals surface area contributed by atoms with E-state index in [0.717, 1.165) is 32.4 Å². The number of hydrogen-bond donors (Lipinski definition) is 1. The summed E-state index contributed by atoms with van der Waals surface area (Å²) in [5.74, 6) is 0.619. The number of ether oxygens (including phenoxy) is 1. The van der Waals surface area contributed by atoms with Crippen LogP contribution in [-0.2, 0) is 17.8 Å². The Morgan fingerprint density at radius 2 is 1.90 bits per heavy atom. The minimum Gasteiger partial charge on any atom is -0.437 e. The van der Waals surface area contributed by atoms with Crippen molar-refractivity contribution in [1.82, 2.24) is 24.7 Å². The van der Waals surface area contributed by atoms with Crippen molar-refractivity contribution in [3.05, 3.63) is 17.7 Å². The zero-order chi connectivity index (χ0) is 22.4. The minimum atomic E-state index is -4.59. The summed E-state index contributed by atoms with van der Waals surface area (Å²) in [4.78, 5) is 33.0. The van der Waals surface area contributed by atoms with Crippen molar-refractivity contribution >= 4 is 12.0 Å². The molecule has 1 saturated carbocycles. The highest BCUT2D eigenvalue weighted by atomic mass is 19.4. The molecule has 1 atom stereocenters. The number of hydrogen-bond acceptors (Lipinski definition) is 5. The zero-order valence-electron chi connectivity index (χ0n) is 17.7. The van der Waals surface area contributed by atoms with Crippen LogP contribution in [-0.4, -0.2) is 74.8 Å². The van der Waals surface area contributed by atoms with E-state index in [2.05, 4.69) is 19.9 Å². The summed E-state index contributed by atoms with van der Waals surface area (Å²) in [7, 11) is 0. The van der Waals surface area contributed by atoms with Crippen molar-refractivity contribution in [2.45, 2.75) is 76.5 Å². The van der Waals surface area contributed by atoms with Crippen molar-refractivity contribution < 1.29 is 27.5 Å². The van der Waals surface area contributed by atoms with E-state index in [4.69, 9.17) is 0 Å². The van der Waals surface area contributed by atoms with Crippen LogP contribution >= 0.6 is 0 Å². The number of piperidine rings is 1. The van der Waals surface area contributed by atoms with E-state index < -0.39 is 23.9 Å². The molecule has 8 nitrogen and oxygen atoms in total. The molecule has 0 radical (unpaired) electrons. The Morgan fingerprint density at radius 3 is 2.52 bits per heavy atom. The summed E-state index contributed by atoms with van der Waals surface area (Å²) in [5.41, 5.74) is -0.206. The summed E-state index contributed by atoms with van der Waals surface area (Å²) < 4.78 is 44.3. The van der Waals surface area contributed by atoms with Crippen molar-refractivity contribution in [1.29, 1.82) is 0 Å². The van der Waals surface area contributed by atoms with Crippen molar-refractivity contribution in [2.24, 2.45) is 0 Å². The second-order valence-electron chi connectivity index (χ2n) is 9.01. The molecule has 1 unspecified atom stereocenters. The van der Waals surface area contributed by atoms with Crippen LogP contribution in [0.2, 0.25) is 0 Å². The van der Waals surface area contributed by atoms with E-state index in [0.29, 0.717) is 24.6 Å². The van der Waals surface area contributed by atoms with Crippen LogP contribution in [0.1, 0.15) is 55.8 Å². The van der Waals surface area contributed by atoms with Gasteiger partial charge in [-0.1, -0.05) is 0 Å². The van der Waals surface area contributed by atoms with Crippen LogP contribution in [0.4, 0.5) is 18.0 Å². The summed E-state index contributed by atoms with van der Waals surface area (Å²) in [5, 5.41) is 3.00. The van der Waals surface area contributed by atoms with Crippen LogP contribution in [0.25, 0.3) is 0 Å². The molecule has 1 aromatic rings. The molecule has 2 fully saturated rings.